The summed E-state index contributed by atoms with van der Waals surface area (Å²) >= 11 is 1.17. The molecule has 206 valence electrons. The van der Waals surface area contributed by atoms with Gasteiger partial charge in [0.1, 0.15) is 17.3 Å². The molecule has 4 aromatic rings. The number of anilines is 1. The van der Waals surface area contributed by atoms with Crippen molar-refractivity contribution in [1.82, 2.24) is 4.90 Å². The van der Waals surface area contributed by atoms with Gasteiger partial charge in [-0.05, 0) is 84.9 Å². The van der Waals surface area contributed by atoms with E-state index in [1.54, 1.807) is 60.9 Å². The lowest BCUT2D eigenvalue weighted by Crippen LogP contribution is -2.28. The summed E-state index contributed by atoms with van der Waals surface area (Å²) in [5.74, 6) is 0.644. The number of aromatic hydroxyl groups is 1. The van der Waals surface area contributed by atoms with Gasteiger partial charge in [0.25, 0.3) is 11.8 Å². The first-order valence-electron chi connectivity index (χ1n) is 12.7. The van der Waals surface area contributed by atoms with Crippen LogP contribution < -0.4 is 10.1 Å². The quantitative estimate of drug-likeness (QED) is 0.150. The fraction of sp³-hybridized carbons (Fsp3) is 0.0968. The molecule has 0 bridgehead atoms. The van der Waals surface area contributed by atoms with Gasteiger partial charge in [-0.2, -0.15) is 5.10 Å². The molecule has 2 heterocycles. The SMILES string of the molecule is Cc1ccc(NC(=O)COc2ccccc2/C=C2\S/C(=N/N=C\c3ccc(O)cc3)N(Cc3ccco3)C2=O)cc1. The van der Waals surface area contributed by atoms with Crippen LogP contribution in [0.3, 0.4) is 0 Å². The maximum Gasteiger partial charge on any atom is 0.267 e. The minimum absolute atomic E-state index is 0.154. The summed E-state index contributed by atoms with van der Waals surface area (Å²) in [6.07, 6.45) is 4.79. The van der Waals surface area contributed by atoms with Crippen LogP contribution in [0.25, 0.3) is 6.08 Å². The number of hydrogen-bond acceptors (Lipinski definition) is 8. The third-order valence-electron chi connectivity index (χ3n) is 5.93. The van der Waals surface area contributed by atoms with E-state index in [1.165, 1.54) is 22.9 Å². The summed E-state index contributed by atoms with van der Waals surface area (Å²) in [6, 6.07) is 24.7. The number of rotatable bonds is 9. The fourth-order valence-corrected chi connectivity index (χ4v) is 4.76. The second-order valence-electron chi connectivity index (χ2n) is 9.04. The molecule has 1 aliphatic heterocycles. The zero-order chi connectivity index (χ0) is 28.6. The molecule has 5 rings (SSSR count). The lowest BCUT2D eigenvalue weighted by atomic mass is 10.2. The molecule has 0 spiro atoms. The maximum atomic E-state index is 13.5. The van der Waals surface area contributed by atoms with Gasteiger partial charge in [-0.25, -0.2) is 0 Å². The van der Waals surface area contributed by atoms with Crippen molar-refractivity contribution in [2.24, 2.45) is 10.2 Å². The average molecular weight is 567 g/mol. The Morgan fingerprint density at radius 1 is 1.05 bits per heavy atom. The topological polar surface area (TPSA) is 117 Å². The van der Waals surface area contributed by atoms with Crippen LogP contribution in [-0.2, 0) is 16.1 Å². The summed E-state index contributed by atoms with van der Waals surface area (Å²) < 4.78 is 11.3. The number of hydrogen-bond donors (Lipinski definition) is 2. The molecule has 0 radical (unpaired) electrons. The third-order valence-corrected chi connectivity index (χ3v) is 6.92. The van der Waals surface area contributed by atoms with Crippen molar-refractivity contribution >= 4 is 46.7 Å². The van der Waals surface area contributed by atoms with Gasteiger partial charge in [-0.15, -0.1) is 5.10 Å². The van der Waals surface area contributed by atoms with Gasteiger partial charge in [0, 0.05) is 11.3 Å². The second kappa shape index (κ2) is 12.8. The molecule has 41 heavy (non-hydrogen) atoms. The van der Waals surface area contributed by atoms with Gasteiger partial charge in [0.05, 0.1) is 23.9 Å². The van der Waals surface area contributed by atoms with E-state index in [2.05, 4.69) is 15.5 Å². The number of para-hydroxylation sites is 1. The number of thioether (sulfide) groups is 1. The van der Waals surface area contributed by atoms with E-state index >= 15 is 0 Å². The smallest absolute Gasteiger partial charge is 0.267 e. The highest BCUT2D eigenvalue weighted by atomic mass is 32.2. The Morgan fingerprint density at radius 2 is 1.83 bits per heavy atom. The van der Waals surface area contributed by atoms with Crippen LogP contribution in [0.5, 0.6) is 11.5 Å². The number of nitrogens with zero attached hydrogens (tertiary/aromatic N) is 3. The molecule has 0 unspecified atom stereocenters. The lowest BCUT2D eigenvalue weighted by Gasteiger charge is -2.12. The standard InChI is InChI=1S/C31H26N4O5S/c1-21-8-12-24(13-9-21)33-29(37)20-40-27-7-3-2-5-23(27)17-28-30(38)35(19-26-6-4-16-39-26)31(41-28)34-32-18-22-10-14-25(36)15-11-22/h2-18,36H,19-20H2,1H3,(H,33,37)/b28-17-,32-18-,34-31+. The summed E-state index contributed by atoms with van der Waals surface area (Å²) in [7, 11) is 0. The number of furan rings is 1. The zero-order valence-electron chi connectivity index (χ0n) is 22.1. The number of ether oxygens (including phenoxy) is 1. The van der Waals surface area contributed by atoms with E-state index in [1.807, 2.05) is 43.3 Å². The van der Waals surface area contributed by atoms with Gasteiger partial charge in [0.15, 0.2) is 11.8 Å². The number of carbonyl (C=O) groups excluding carboxylic acids is 2. The molecule has 0 saturated carbocycles. The molecular weight excluding hydrogens is 540 g/mol. The highest BCUT2D eigenvalue weighted by Gasteiger charge is 2.34. The number of benzene rings is 3. The molecule has 1 fully saturated rings. The number of nitrogens with one attached hydrogen (secondary N) is 1. The monoisotopic (exact) mass is 566 g/mol. The van der Waals surface area contributed by atoms with Crippen molar-refractivity contribution in [3.8, 4) is 11.5 Å². The Kier molecular flexibility index (Phi) is 8.61. The van der Waals surface area contributed by atoms with Crippen molar-refractivity contribution < 1.29 is 23.8 Å². The van der Waals surface area contributed by atoms with E-state index in [9.17, 15) is 14.7 Å². The molecule has 1 saturated heterocycles. The number of phenolic OH excluding ortho intramolecular Hbond substituents is 1. The predicted octanol–water partition coefficient (Wildman–Crippen LogP) is 5.82. The number of aryl methyl sites for hydroxylation is 1. The fourth-order valence-electron chi connectivity index (χ4n) is 3.84. The van der Waals surface area contributed by atoms with Crippen LogP contribution in [0.2, 0.25) is 0 Å². The first kappa shape index (κ1) is 27.5. The Hall–Kier alpha value is -5.09. The second-order valence-corrected chi connectivity index (χ2v) is 10.0. The van der Waals surface area contributed by atoms with Crippen LogP contribution >= 0.6 is 11.8 Å². The molecule has 2 amide bonds. The van der Waals surface area contributed by atoms with Crippen LogP contribution in [0.1, 0.15) is 22.5 Å². The molecule has 1 aromatic heterocycles. The van der Waals surface area contributed by atoms with E-state index in [-0.39, 0.29) is 30.7 Å². The van der Waals surface area contributed by atoms with Gasteiger partial charge in [-0.3, -0.25) is 14.5 Å². The molecule has 3 aromatic carbocycles. The normalized spacial score (nSPS) is 15.2. The minimum atomic E-state index is -0.298. The first-order chi connectivity index (χ1) is 19.9. The largest absolute Gasteiger partial charge is 0.508 e. The molecule has 1 aliphatic rings. The van der Waals surface area contributed by atoms with Crippen molar-refractivity contribution in [2.45, 2.75) is 13.5 Å². The first-order valence-corrected chi connectivity index (χ1v) is 13.5. The Bertz CT molecular complexity index is 1610. The Balaban J connectivity index is 1.33. The molecule has 0 aliphatic carbocycles. The molecular formula is C31H26N4O5S. The van der Waals surface area contributed by atoms with Crippen LogP contribution in [0.15, 0.2) is 111 Å². The Labute approximate surface area is 240 Å². The molecule has 2 N–H and O–H groups in total. The lowest BCUT2D eigenvalue weighted by molar-refractivity contribution is -0.122. The van der Waals surface area contributed by atoms with E-state index in [0.717, 1.165) is 11.1 Å². The summed E-state index contributed by atoms with van der Waals surface area (Å²) in [5, 5.41) is 21.1. The van der Waals surface area contributed by atoms with Crippen molar-refractivity contribution in [1.29, 1.82) is 0 Å². The van der Waals surface area contributed by atoms with Crippen LogP contribution in [-0.4, -0.2) is 39.8 Å². The summed E-state index contributed by atoms with van der Waals surface area (Å²) in [6.45, 7) is 1.96. The van der Waals surface area contributed by atoms with Gasteiger partial charge >= 0.3 is 0 Å². The zero-order valence-corrected chi connectivity index (χ0v) is 22.9. The molecule has 0 atom stereocenters. The van der Waals surface area contributed by atoms with E-state index in [4.69, 9.17) is 9.15 Å². The van der Waals surface area contributed by atoms with Gasteiger partial charge in [-0.1, -0.05) is 35.9 Å². The highest BCUT2D eigenvalue weighted by Crippen LogP contribution is 2.35. The maximum absolute atomic E-state index is 13.5. The van der Waals surface area contributed by atoms with Gasteiger partial charge < -0.3 is 19.6 Å². The number of amidine groups is 1. The number of carbonyl (C=O) groups is 2. The van der Waals surface area contributed by atoms with Gasteiger partial charge in [0.2, 0.25) is 0 Å². The molecule has 9 nitrogen and oxygen atoms in total. The number of amides is 2. The summed E-state index contributed by atoms with van der Waals surface area (Å²) in [5.41, 5.74) is 3.16. The van der Waals surface area contributed by atoms with Crippen LogP contribution in [0, 0.1) is 6.92 Å². The van der Waals surface area contributed by atoms with E-state index in [0.29, 0.717) is 32.8 Å². The molecule has 10 heteroatoms. The van der Waals surface area contributed by atoms with Crippen molar-refractivity contribution in [2.75, 3.05) is 11.9 Å². The summed E-state index contributed by atoms with van der Waals surface area (Å²) in [4.78, 5) is 27.8. The minimum Gasteiger partial charge on any atom is -0.508 e. The number of phenols is 1. The predicted molar refractivity (Wildman–Crippen MR) is 160 cm³/mol. The Morgan fingerprint density at radius 3 is 2.59 bits per heavy atom. The van der Waals surface area contributed by atoms with E-state index < -0.39 is 0 Å². The third kappa shape index (κ3) is 7.31. The highest BCUT2D eigenvalue weighted by molar-refractivity contribution is 8.18. The van der Waals surface area contributed by atoms with Crippen molar-refractivity contribution in [3.05, 3.63) is 119 Å². The van der Waals surface area contributed by atoms with Crippen molar-refractivity contribution in [3.63, 3.8) is 0 Å². The average Bonchev–Trinajstić information content (AvgIpc) is 3.59. The van der Waals surface area contributed by atoms with Crippen LogP contribution in [0.4, 0.5) is 5.69 Å².